The van der Waals surface area contributed by atoms with Crippen LogP contribution in [0.1, 0.15) is 5.56 Å². The molecule has 0 atom stereocenters. The van der Waals surface area contributed by atoms with E-state index in [-0.39, 0.29) is 11.4 Å². The molecule has 8 heteroatoms. The highest BCUT2D eigenvalue weighted by Gasteiger charge is 2.29. The first-order chi connectivity index (χ1) is 7.85. The fraction of sp³-hybridized carbons (Fsp3) is 0.333. The van der Waals surface area contributed by atoms with Crippen LogP contribution in [0, 0.1) is 6.92 Å². The molecule has 92 valence electrons. The summed E-state index contributed by atoms with van der Waals surface area (Å²) in [6.07, 6.45) is -2.73. The molecule has 0 aliphatic heterocycles. The summed E-state index contributed by atoms with van der Waals surface area (Å²) < 4.78 is 42.6. The van der Waals surface area contributed by atoms with Crippen molar-refractivity contribution in [2.75, 3.05) is 6.61 Å². The van der Waals surface area contributed by atoms with Crippen molar-refractivity contribution in [2.45, 2.75) is 13.1 Å². The van der Waals surface area contributed by atoms with Gasteiger partial charge in [0.1, 0.15) is 0 Å². The third-order valence-electron chi connectivity index (χ3n) is 1.90. The smallest absolute Gasteiger partial charge is 0.422 e. The number of aromatic nitrogens is 3. The second-order valence-electron chi connectivity index (χ2n) is 3.43. The Kier molecular flexibility index (Phi) is 2.98. The second kappa shape index (κ2) is 4.17. The van der Waals surface area contributed by atoms with Crippen LogP contribution in [0.3, 0.4) is 0 Å². The van der Waals surface area contributed by atoms with Crippen molar-refractivity contribution in [1.29, 1.82) is 0 Å². The van der Waals surface area contributed by atoms with Gasteiger partial charge in [-0.3, -0.25) is 0 Å². The Morgan fingerprint density at radius 1 is 1.47 bits per heavy atom. The van der Waals surface area contributed by atoms with Crippen LogP contribution >= 0.6 is 15.9 Å². The number of pyridine rings is 1. The van der Waals surface area contributed by atoms with Crippen LogP contribution in [0.4, 0.5) is 13.2 Å². The molecule has 2 heterocycles. The Morgan fingerprint density at radius 3 is 2.82 bits per heavy atom. The Balaban J connectivity index is 2.38. The van der Waals surface area contributed by atoms with Crippen LogP contribution in [0.25, 0.3) is 5.65 Å². The zero-order valence-electron chi connectivity index (χ0n) is 8.62. The molecule has 0 N–H and O–H groups in total. The topological polar surface area (TPSA) is 39.4 Å². The van der Waals surface area contributed by atoms with Crippen molar-refractivity contribution in [3.8, 4) is 5.75 Å². The summed E-state index contributed by atoms with van der Waals surface area (Å²) in [4.78, 5) is 3.93. The van der Waals surface area contributed by atoms with Gasteiger partial charge in [0.05, 0.1) is 0 Å². The van der Waals surface area contributed by atoms with Gasteiger partial charge in [-0.2, -0.15) is 18.2 Å². The molecular formula is C9H7BrF3N3O. The number of ether oxygens (including phenoxy) is 1. The number of halogens is 4. The Labute approximate surface area is 103 Å². The number of aryl methyl sites for hydroxylation is 1. The first kappa shape index (κ1) is 12.2. The van der Waals surface area contributed by atoms with Gasteiger partial charge in [0.25, 0.3) is 0 Å². The molecule has 0 unspecified atom stereocenters. The predicted molar refractivity (Wildman–Crippen MR) is 57.0 cm³/mol. The highest BCUT2D eigenvalue weighted by molar-refractivity contribution is 9.10. The quantitative estimate of drug-likeness (QED) is 0.856. The maximum absolute atomic E-state index is 12.1. The standard InChI is InChI=1S/C9H7BrF3N3O/c1-5-2-6(17-4-9(11,12)13)7-14-8(10)15-16(7)3-5/h2-3H,4H2,1H3. The third kappa shape index (κ3) is 2.87. The molecule has 0 amide bonds. The molecule has 0 spiro atoms. The van der Waals surface area contributed by atoms with Crippen molar-refractivity contribution in [2.24, 2.45) is 0 Å². The predicted octanol–water partition coefficient (Wildman–Crippen LogP) is 2.74. The molecule has 0 fully saturated rings. The molecule has 0 saturated carbocycles. The normalized spacial score (nSPS) is 12.1. The third-order valence-corrected chi connectivity index (χ3v) is 2.24. The van der Waals surface area contributed by atoms with E-state index in [0.29, 0.717) is 4.73 Å². The van der Waals surface area contributed by atoms with Crippen molar-refractivity contribution in [1.82, 2.24) is 14.6 Å². The zero-order valence-corrected chi connectivity index (χ0v) is 10.2. The van der Waals surface area contributed by atoms with Gasteiger partial charge in [-0.15, -0.1) is 5.10 Å². The highest BCUT2D eigenvalue weighted by Crippen LogP contribution is 2.24. The van der Waals surface area contributed by atoms with E-state index < -0.39 is 12.8 Å². The van der Waals surface area contributed by atoms with E-state index in [4.69, 9.17) is 4.74 Å². The van der Waals surface area contributed by atoms with E-state index in [2.05, 4.69) is 26.0 Å². The largest absolute Gasteiger partial charge is 0.480 e. The van der Waals surface area contributed by atoms with Crippen LogP contribution in [-0.2, 0) is 0 Å². The van der Waals surface area contributed by atoms with Gasteiger partial charge in [-0.25, -0.2) is 4.52 Å². The van der Waals surface area contributed by atoms with E-state index in [9.17, 15) is 13.2 Å². The zero-order chi connectivity index (χ0) is 12.6. The fourth-order valence-corrected chi connectivity index (χ4v) is 1.66. The average Bonchev–Trinajstić information content (AvgIpc) is 2.53. The first-order valence-corrected chi connectivity index (χ1v) is 5.36. The molecule has 4 nitrogen and oxygen atoms in total. The van der Waals surface area contributed by atoms with Gasteiger partial charge in [0.15, 0.2) is 18.0 Å². The van der Waals surface area contributed by atoms with Gasteiger partial charge in [-0.1, -0.05) is 0 Å². The Bertz CT molecular complexity index is 552. The van der Waals surface area contributed by atoms with Crippen LogP contribution in [0.15, 0.2) is 17.0 Å². The molecular weight excluding hydrogens is 303 g/mol. The Morgan fingerprint density at radius 2 is 2.18 bits per heavy atom. The lowest BCUT2D eigenvalue weighted by atomic mass is 10.3. The van der Waals surface area contributed by atoms with Crippen molar-refractivity contribution in [3.63, 3.8) is 0 Å². The average molecular weight is 310 g/mol. The molecule has 0 aromatic carbocycles. The molecule has 0 aliphatic rings. The SMILES string of the molecule is Cc1cc(OCC(F)(F)F)c2nc(Br)nn2c1. The molecule has 2 aromatic rings. The van der Waals surface area contributed by atoms with E-state index in [1.165, 1.54) is 10.6 Å². The van der Waals surface area contributed by atoms with Crippen LogP contribution < -0.4 is 4.74 Å². The maximum atomic E-state index is 12.1. The minimum atomic E-state index is -4.38. The molecule has 2 rings (SSSR count). The van der Waals surface area contributed by atoms with Crippen molar-refractivity contribution >= 4 is 21.6 Å². The lowest BCUT2D eigenvalue weighted by Gasteiger charge is -2.10. The van der Waals surface area contributed by atoms with Gasteiger partial charge >= 0.3 is 6.18 Å². The number of rotatable bonds is 2. The van der Waals surface area contributed by atoms with Gasteiger partial charge in [0, 0.05) is 6.20 Å². The van der Waals surface area contributed by atoms with Gasteiger partial charge < -0.3 is 4.74 Å². The number of nitrogens with zero attached hydrogens (tertiary/aromatic N) is 3. The minimum absolute atomic E-state index is 0.0560. The first-order valence-electron chi connectivity index (χ1n) is 4.57. The van der Waals surface area contributed by atoms with E-state index >= 15 is 0 Å². The molecule has 0 aliphatic carbocycles. The monoisotopic (exact) mass is 309 g/mol. The molecule has 0 saturated heterocycles. The highest BCUT2D eigenvalue weighted by atomic mass is 79.9. The summed E-state index contributed by atoms with van der Waals surface area (Å²) in [5.41, 5.74) is 0.971. The van der Waals surface area contributed by atoms with Crippen molar-refractivity contribution in [3.05, 3.63) is 22.6 Å². The van der Waals surface area contributed by atoms with E-state index in [1.807, 2.05) is 0 Å². The summed E-state index contributed by atoms with van der Waals surface area (Å²) in [5.74, 6) is 0.0560. The fourth-order valence-electron chi connectivity index (χ4n) is 1.32. The number of hydrogen-bond acceptors (Lipinski definition) is 3. The van der Waals surface area contributed by atoms with Crippen LogP contribution in [0.2, 0.25) is 0 Å². The molecule has 0 radical (unpaired) electrons. The van der Waals surface area contributed by atoms with Gasteiger partial charge in [0.2, 0.25) is 4.73 Å². The van der Waals surface area contributed by atoms with E-state index in [0.717, 1.165) is 5.56 Å². The van der Waals surface area contributed by atoms with Crippen LogP contribution in [-0.4, -0.2) is 27.4 Å². The lowest BCUT2D eigenvalue weighted by Crippen LogP contribution is -2.19. The number of alkyl halides is 3. The second-order valence-corrected chi connectivity index (χ2v) is 4.14. The molecule has 17 heavy (non-hydrogen) atoms. The van der Waals surface area contributed by atoms with Crippen LogP contribution in [0.5, 0.6) is 5.75 Å². The molecule has 2 aromatic heterocycles. The summed E-state index contributed by atoms with van der Waals surface area (Å²) in [7, 11) is 0. The number of hydrogen-bond donors (Lipinski definition) is 0. The Hall–Kier alpha value is -1.31. The number of fused-ring (bicyclic) bond motifs is 1. The summed E-state index contributed by atoms with van der Waals surface area (Å²) in [5, 5.41) is 3.94. The maximum Gasteiger partial charge on any atom is 0.422 e. The van der Waals surface area contributed by atoms with E-state index in [1.54, 1.807) is 13.1 Å². The summed E-state index contributed by atoms with van der Waals surface area (Å²) in [6, 6.07) is 1.49. The van der Waals surface area contributed by atoms with Gasteiger partial charge in [-0.05, 0) is 34.5 Å². The summed E-state index contributed by atoms with van der Waals surface area (Å²) >= 11 is 3.05. The summed E-state index contributed by atoms with van der Waals surface area (Å²) in [6.45, 7) is 0.381. The molecule has 0 bridgehead atoms. The lowest BCUT2D eigenvalue weighted by molar-refractivity contribution is -0.153. The minimum Gasteiger partial charge on any atom is -0.480 e. The van der Waals surface area contributed by atoms with Crippen molar-refractivity contribution < 1.29 is 17.9 Å².